The summed E-state index contributed by atoms with van der Waals surface area (Å²) in [5, 5.41) is 19.9. The summed E-state index contributed by atoms with van der Waals surface area (Å²) in [6.07, 6.45) is 1.38. The van der Waals surface area contributed by atoms with Crippen LogP contribution in [0.15, 0.2) is 66.7 Å². The van der Waals surface area contributed by atoms with Gasteiger partial charge in [0.1, 0.15) is 29.1 Å². The Morgan fingerprint density at radius 2 is 1.68 bits per heavy atom. The zero-order valence-electron chi connectivity index (χ0n) is 19.4. The van der Waals surface area contributed by atoms with Crippen molar-refractivity contribution >= 4 is 23.8 Å². The van der Waals surface area contributed by atoms with Crippen molar-refractivity contribution in [3.63, 3.8) is 0 Å². The number of benzene rings is 3. The smallest absolute Gasteiger partial charge is 0.204 e. The summed E-state index contributed by atoms with van der Waals surface area (Å²) >= 11 is 5.09. The van der Waals surface area contributed by atoms with Crippen LogP contribution >= 0.6 is 12.6 Å². The quantitative estimate of drug-likeness (QED) is 0.401. The zero-order valence-corrected chi connectivity index (χ0v) is 20.3. The van der Waals surface area contributed by atoms with E-state index in [4.69, 9.17) is 22.1 Å². The first kappa shape index (κ1) is 22.7. The molecule has 2 aliphatic rings. The highest BCUT2D eigenvalue weighted by Gasteiger charge is 2.41. The molecule has 1 atom stereocenters. The molecule has 0 radical (unpaired) electrons. The number of thiol groups is 1. The Bertz CT molecular complexity index is 1220. The average molecular weight is 476 g/mol. The summed E-state index contributed by atoms with van der Waals surface area (Å²) in [7, 11) is 0. The van der Waals surface area contributed by atoms with Gasteiger partial charge in [0.2, 0.25) is 4.93 Å². The zero-order chi connectivity index (χ0) is 23.9. The molecule has 0 spiro atoms. The molecule has 3 aromatic rings. The van der Waals surface area contributed by atoms with Crippen molar-refractivity contribution in [2.45, 2.75) is 31.3 Å². The van der Waals surface area contributed by atoms with E-state index in [0.29, 0.717) is 5.75 Å². The molecule has 0 amide bonds. The molecule has 1 fully saturated rings. The maximum absolute atomic E-state index is 10.1. The number of aromatic hydroxyl groups is 2. The molecular weight excluding hydrogens is 446 g/mol. The Hall–Kier alpha value is -3.09. The first-order valence-electron chi connectivity index (χ1n) is 11.6. The lowest BCUT2D eigenvalue weighted by molar-refractivity contribution is 0.0202. The Kier molecular flexibility index (Phi) is 5.96. The second-order valence-electron chi connectivity index (χ2n) is 9.00. The van der Waals surface area contributed by atoms with Gasteiger partial charge in [-0.25, -0.2) is 0 Å². The van der Waals surface area contributed by atoms with Crippen molar-refractivity contribution in [1.29, 1.82) is 0 Å². The lowest BCUT2D eigenvalue weighted by Gasteiger charge is -2.39. The molecule has 0 aliphatic carbocycles. The van der Waals surface area contributed by atoms with E-state index in [2.05, 4.69) is 11.8 Å². The second-order valence-corrected chi connectivity index (χ2v) is 9.63. The molecule has 2 N–H and O–H groups in total. The van der Waals surface area contributed by atoms with Gasteiger partial charge in [-0.05, 0) is 67.4 Å². The van der Waals surface area contributed by atoms with Crippen LogP contribution < -0.4 is 9.47 Å². The van der Waals surface area contributed by atoms with Crippen molar-refractivity contribution in [2.75, 3.05) is 19.6 Å². The molecule has 0 unspecified atom stereocenters. The van der Waals surface area contributed by atoms with Gasteiger partial charge in [0.15, 0.2) is 0 Å². The van der Waals surface area contributed by atoms with E-state index in [9.17, 15) is 10.2 Å². The van der Waals surface area contributed by atoms with Crippen LogP contribution in [0.3, 0.4) is 0 Å². The number of fused-ring (bicyclic) bond motifs is 1. The van der Waals surface area contributed by atoms with Crippen LogP contribution in [0.25, 0.3) is 11.1 Å². The lowest BCUT2D eigenvalue weighted by Crippen LogP contribution is -2.53. The molecule has 2 heterocycles. The van der Waals surface area contributed by atoms with Gasteiger partial charge in [0.05, 0.1) is 0 Å². The average Bonchev–Trinajstić information content (AvgIpc) is 2.79. The highest BCUT2D eigenvalue weighted by atomic mass is 32.1. The monoisotopic (exact) mass is 475 g/mol. The van der Waals surface area contributed by atoms with Gasteiger partial charge in [0.25, 0.3) is 0 Å². The minimum Gasteiger partial charge on any atom is -0.508 e. The van der Waals surface area contributed by atoms with Gasteiger partial charge in [-0.3, -0.25) is 4.90 Å². The van der Waals surface area contributed by atoms with Crippen molar-refractivity contribution in [2.24, 2.45) is 0 Å². The van der Waals surface area contributed by atoms with E-state index in [1.54, 1.807) is 24.3 Å². The largest absolute Gasteiger partial charge is 0.508 e. The van der Waals surface area contributed by atoms with E-state index >= 15 is 0 Å². The molecule has 0 saturated carbocycles. The molecule has 0 aromatic heterocycles. The number of hydrogen-bond donors (Lipinski definition) is 3. The minimum absolute atomic E-state index is 0.136. The van der Waals surface area contributed by atoms with Crippen molar-refractivity contribution in [1.82, 2.24) is 4.90 Å². The van der Waals surface area contributed by atoms with Crippen molar-refractivity contribution in [3.05, 3.63) is 83.4 Å². The summed E-state index contributed by atoms with van der Waals surface area (Å²) in [5.41, 5.74) is 4.52. The number of phenolic OH excluding ortho intramolecular Hbond substituents is 2. The van der Waals surface area contributed by atoms with Crippen LogP contribution in [0.2, 0.25) is 0 Å². The molecule has 2 aliphatic heterocycles. The third-order valence-electron chi connectivity index (χ3n) is 6.51. The second kappa shape index (κ2) is 8.93. The first-order chi connectivity index (χ1) is 16.4. The molecule has 0 bridgehead atoms. The van der Waals surface area contributed by atoms with Crippen LogP contribution in [0.1, 0.15) is 37.0 Å². The fourth-order valence-corrected chi connectivity index (χ4v) is 5.34. The predicted molar refractivity (Wildman–Crippen MR) is 138 cm³/mol. The summed E-state index contributed by atoms with van der Waals surface area (Å²) in [4.78, 5) is 1.29. The van der Waals surface area contributed by atoms with Gasteiger partial charge in [-0.2, -0.15) is 0 Å². The van der Waals surface area contributed by atoms with E-state index < -0.39 is 4.93 Å². The third kappa shape index (κ3) is 4.12. The topological polar surface area (TPSA) is 62.2 Å². The molecule has 3 aromatic carbocycles. The number of nitrogens with zero attached hydrogens (tertiary/aromatic N) is 1. The molecular formula is C28H29NO4S. The van der Waals surface area contributed by atoms with E-state index in [0.717, 1.165) is 59.6 Å². The first-order valence-corrected chi connectivity index (χ1v) is 12.1. The molecule has 34 heavy (non-hydrogen) atoms. The predicted octanol–water partition coefficient (Wildman–Crippen LogP) is 5.68. The molecule has 5 nitrogen and oxygen atoms in total. The van der Waals surface area contributed by atoms with Crippen molar-refractivity contribution < 1.29 is 19.7 Å². The van der Waals surface area contributed by atoms with E-state index in [1.807, 2.05) is 49.4 Å². The van der Waals surface area contributed by atoms with Crippen LogP contribution in [-0.4, -0.2) is 40.9 Å². The molecule has 1 saturated heterocycles. The number of likely N-dealkylation sites (tertiary alicyclic amines) is 1. The van der Waals surface area contributed by atoms with Crippen LogP contribution in [-0.2, 0) is 4.93 Å². The number of allylic oxidation sites excluding steroid dienone is 1. The summed E-state index contributed by atoms with van der Waals surface area (Å²) in [6, 6.07) is 20.0. The third-order valence-corrected chi connectivity index (χ3v) is 7.08. The van der Waals surface area contributed by atoms with Gasteiger partial charge >= 0.3 is 0 Å². The number of hydrogen-bond acceptors (Lipinski definition) is 6. The number of rotatable bonds is 6. The SMILES string of the molecule is CCCN1CC(Oc2ccc([C@]3(S)Oc4cc(O)ccc4C(C)=C3c3ccc(O)cc3)cc2)C1. The maximum atomic E-state index is 10.1. The highest BCUT2D eigenvalue weighted by Crippen LogP contribution is 2.53. The number of ether oxygens (including phenoxy) is 2. The summed E-state index contributed by atoms with van der Waals surface area (Å²) in [5.74, 6) is 1.73. The van der Waals surface area contributed by atoms with Gasteiger partial charge in [0, 0.05) is 35.9 Å². The van der Waals surface area contributed by atoms with Crippen molar-refractivity contribution in [3.8, 4) is 23.0 Å². The van der Waals surface area contributed by atoms with E-state index in [1.165, 1.54) is 0 Å². The summed E-state index contributed by atoms with van der Waals surface area (Å²) < 4.78 is 12.6. The van der Waals surface area contributed by atoms with Gasteiger partial charge in [-0.15, -0.1) is 12.6 Å². The highest BCUT2D eigenvalue weighted by molar-refractivity contribution is 7.81. The fourth-order valence-electron chi connectivity index (χ4n) is 4.80. The van der Waals surface area contributed by atoms with Gasteiger partial charge < -0.3 is 19.7 Å². The Balaban J connectivity index is 1.49. The van der Waals surface area contributed by atoms with Crippen LogP contribution in [0.4, 0.5) is 0 Å². The Labute approximate surface area is 205 Å². The van der Waals surface area contributed by atoms with Crippen LogP contribution in [0.5, 0.6) is 23.0 Å². The maximum Gasteiger partial charge on any atom is 0.204 e. The normalized spacial score (nSPS) is 20.4. The van der Waals surface area contributed by atoms with Crippen LogP contribution in [0, 0.1) is 0 Å². The van der Waals surface area contributed by atoms with Gasteiger partial charge in [-0.1, -0.05) is 31.2 Å². The molecule has 5 rings (SSSR count). The van der Waals surface area contributed by atoms with E-state index in [-0.39, 0.29) is 17.6 Å². The summed E-state index contributed by atoms with van der Waals surface area (Å²) in [6.45, 7) is 7.25. The Morgan fingerprint density at radius 1 is 1.00 bits per heavy atom. The minimum atomic E-state index is -1.10. The standard InChI is InChI=1S/C28H29NO4S/c1-3-14-29-16-24(17-29)32-23-11-6-20(7-12-23)28(34)27(19-4-8-21(30)9-5-19)18(2)25-13-10-22(31)15-26(25)33-28/h4-13,15,24,30-31,34H,3,14,16-17H2,1-2H3/t28-/m1/s1. The number of phenols is 2. The lowest BCUT2D eigenvalue weighted by atomic mass is 9.85. The Morgan fingerprint density at radius 3 is 2.35 bits per heavy atom. The molecule has 6 heteroatoms. The fraction of sp³-hybridized carbons (Fsp3) is 0.286. The molecule has 176 valence electrons.